The van der Waals surface area contributed by atoms with E-state index in [1.54, 1.807) is 42.5 Å². The van der Waals surface area contributed by atoms with Crippen molar-refractivity contribution in [3.8, 4) is 17.2 Å². The van der Waals surface area contributed by atoms with Gasteiger partial charge in [-0.1, -0.05) is 11.6 Å². The van der Waals surface area contributed by atoms with Gasteiger partial charge in [-0.2, -0.15) is 0 Å². The van der Waals surface area contributed by atoms with Crippen LogP contribution in [0.2, 0.25) is 5.02 Å². The molecule has 0 unspecified atom stereocenters. The fourth-order valence-electron chi connectivity index (χ4n) is 3.04. The summed E-state index contributed by atoms with van der Waals surface area (Å²) in [5.41, 5.74) is 0.870. The van der Waals surface area contributed by atoms with E-state index in [1.807, 2.05) is 0 Å². The van der Waals surface area contributed by atoms with E-state index in [-0.39, 0.29) is 15.5 Å². The van der Waals surface area contributed by atoms with Crippen molar-refractivity contribution in [2.75, 3.05) is 38.0 Å². The lowest BCUT2D eigenvalue weighted by Crippen LogP contribution is -2.27. The summed E-state index contributed by atoms with van der Waals surface area (Å²) < 4.78 is 43.0. The number of amides is 1. The van der Waals surface area contributed by atoms with Gasteiger partial charge in [-0.15, -0.1) is 0 Å². The first-order chi connectivity index (χ1) is 15.7. The number of nitrogens with one attached hydrogen (secondary N) is 1. The number of nitrogens with zero attached hydrogens (tertiary/aromatic N) is 1. The number of ether oxygens (including phenoxy) is 3. The molecule has 10 heteroatoms. The molecular formula is C23H23ClN2O6S. The molecule has 33 heavy (non-hydrogen) atoms. The first-order valence-electron chi connectivity index (χ1n) is 9.67. The maximum atomic E-state index is 13.2. The predicted octanol–water partition coefficient (Wildman–Crippen LogP) is 4.44. The topological polar surface area (TPSA) is 94.2 Å². The van der Waals surface area contributed by atoms with Gasteiger partial charge in [-0.05, 0) is 54.6 Å². The van der Waals surface area contributed by atoms with Crippen LogP contribution >= 0.6 is 11.6 Å². The molecule has 8 nitrogen and oxygen atoms in total. The van der Waals surface area contributed by atoms with Gasteiger partial charge in [-0.3, -0.25) is 9.10 Å². The van der Waals surface area contributed by atoms with Gasteiger partial charge < -0.3 is 19.5 Å². The minimum Gasteiger partial charge on any atom is -0.497 e. The Kier molecular flexibility index (Phi) is 7.35. The Hall–Kier alpha value is -3.43. The molecular weight excluding hydrogens is 468 g/mol. The number of rotatable bonds is 8. The SMILES string of the molecule is COc1ccc(N(C)S(=O)(=O)c2ccc(Cl)c(C(=O)Nc3ccc(OC)c(OC)c3)c2)cc1. The molecule has 1 N–H and O–H groups in total. The van der Waals surface area contributed by atoms with E-state index >= 15 is 0 Å². The Bertz CT molecular complexity index is 1260. The summed E-state index contributed by atoms with van der Waals surface area (Å²) in [5, 5.41) is 2.81. The molecule has 3 aromatic rings. The Balaban J connectivity index is 1.90. The minimum atomic E-state index is -3.96. The zero-order valence-electron chi connectivity index (χ0n) is 18.5. The van der Waals surface area contributed by atoms with Crippen LogP contribution < -0.4 is 23.8 Å². The fourth-order valence-corrected chi connectivity index (χ4v) is 4.47. The molecule has 0 saturated carbocycles. The van der Waals surface area contributed by atoms with Crippen molar-refractivity contribution in [2.45, 2.75) is 4.90 Å². The maximum Gasteiger partial charge on any atom is 0.264 e. The lowest BCUT2D eigenvalue weighted by Gasteiger charge is -2.20. The van der Waals surface area contributed by atoms with Gasteiger partial charge >= 0.3 is 0 Å². The van der Waals surface area contributed by atoms with Crippen LogP contribution in [0, 0.1) is 0 Å². The average molecular weight is 491 g/mol. The van der Waals surface area contributed by atoms with Gasteiger partial charge in [0.25, 0.3) is 15.9 Å². The molecule has 0 atom stereocenters. The number of halogens is 1. The summed E-state index contributed by atoms with van der Waals surface area (Å²) in [6, 6.07) is 15.4. The van der Waals surface area contributed by atoms with Crippen molar-refractivity contribution in [3.63, 3.8) is 0 Å². The molecule has 0 aliphatic heterocycles. The largest absolute Gasteiger partial charge is 0.497 e. The predicted molar refractivity (Wildman–Crippen MR) is 128 cm³/mol. The number of carbonyl (C=O) groups excluding carboxylic acids is 1. The maximum absolute atomic E-state index is 13.2. The molecule has 174 valence electrons. The highest BCUT2D eigenvalue weighted by atomic mass is 35.5. The Morgan fingerprint density at radius 1 is 0.879 bits per heavy atom. The normalized spacial score (nSPS) is 10.9. The van der Waals surface area contributed by atoms with Crippen LogP contribution in [-0.4, -0.2) is 42.7 Å². The molecule has 3 aromatic carbocycles. The van der Waals surface area contributed by atoms with E-state index in [9.17, 15) is 13.2 Å². The summed E-state index contributed by atoms with van der Waals surface area (Å²) in [7, 11) is 1.98. The Morgan fingerprint density at radius 3 is 2.15 bits per heavy atom. The van der Waals surface area contributed by atoms with E-state index in [2.05, 4.69) is 5.32 Å². The first kappa shape index (κ1) is 24.2. The molecule has 0 spiro atoms. The number of carbonyl (C=O) groups is 1. The summed E-state index contributed by atoms with van der Waals surface area (Å²) in [6.45, 7) is 0. The second kappa shape index (κ2) is 10.0. The van der Waals surface area contributed by atoms with E-state index < -0.39 is 15.9 Å². The number of hydrogen-bond donors (Lipinski definition) is 1. The smallest absolute Gasteiger partial charge is 0.264 e. The molecule has 0 fully saturated rings. The van der Waals surface area contributed by atoms with Crippen molar-refractivity contribution >= 4 is 38.9 Å². The standard InChI is InChI=1S/C23H23ClN2O6S/c1-26(16-6-8-17(30-2)9-7-16)33(28,29)18-10-11-20(24)19(14-18)23(27)25-15-5-12-21(31-3)22(13-15)32-4/h5-14H,1-4H3,(H,25,27). The van der Waals surface area contributed by atoms with Gasteiger partial charge in [0.15, 0.2) is 11.5 Å². The summed E-state index contributed by atoms with van der Waals surface area (Å²) >= 11 is 6.22. The summed E-state index contributed by atoms with van der Waals surface area (Å²) in [5.74, 6) is 0.962. The lowest BCUT2D eigenvalue weighted by atomic mass is 10.2. The number of sulfonamides is 1. The monoisotopic (exact) mass is 490 g/mol. The van der Waals surface area contributed by atoms with Crippen LogP contribution in [0.4, 0.5) is 11.4 Å². The van der Waals surface area contributed by atoms with Gasteiger partial charge in [0.2, 0.25) is 0 Å². The quantitative estimate of drug-likeness (QED) is 0.501. The van der Waals surface area contributed by atoms with Crippen molar-refractivity contribution < 1.29 is 27.4 Å². The molecule has 0 aliphatic carbocycles. The average Bonchev–Trinajstić information content (AvgIpc) is 2.83. The molecule has 0 heterocycles. The van der Waals surface area contributed by atoms with Crippen LogP contribution in [-0.2, 0) is 10.0 Å². The molecule has 0 aliphatic rings. The van der Waals surface area contributed by atoms with E-state index in [4.69, 9.17) is 25.8 Å². The molecule has 3 rings (SSSR count). The third-order valence-electron chi connectivity index (χ3n) is 4.92. The van der Waals surface area contributed by atoms with Crippen molar-refractivity contribution in [3.05, 3.63) is 71.2 Å². The van der Waals surface area contributed by atoms with Crippen molar-refractivity contribution in [1.82, 2.24) is 0 Å². The van der Waals surface area contributed by atoms with Crippen LogP contribution in [0.5, 0.6) is 17.2 Å². The van der Waals surface area contributed by atoms with Crippen LogP contribution in [0.3, 0.4) is 0 Å². The number of anilines is 2. The number of benzene rings is 3. The first-order valence-corrected chi connectivity index (χ1v) is 11.5. The van der Waals surface area contributed by atoms with Crippen LogP contribution in [0.1, 0.15) is 10.4 Å². The third-order valence-corrected chi connectivity index (χ3v) is 7.03. The van der Waals surface area contributed by atoms with Gasteiger partial charge in [0, 0.05) is 18.8 Å². The molecule has 0 saturated heterocycles. The fraction of sp³-hybridized carbons (Fsp3) is 0.174. The van der Waals surface area contributed by atoms with Crippen LogP contribution in [0.25, 0.3) is 0 Å². The zero-order valence-corrected chi connectivity index (χ0v) is 20.0. The number of hydrogen-bond acceptors (Lipinski definition) is 6. The Labute approximate surface area is 197 Å². The third kappa shape index (κ3) is 5.15. The second-order valence-electron chi connectivity index (χ2n) is 6.84. The highest BCUT2D eigenvalue weighted by molar-refractivity contribution is 7.92. The van der Waals surface area contributed by atoms with Gasteiger partial charge in [0.1, 0.15) is 5.75 Å². The molecule has 0 radical (unpaired) electrons. The summed E-state index contributed by atoms with van der Waals surface area (Å²) in [6.07, 6.45) is 0. The second-order valence-corrected chi connectivity index (χ2v) is 9.21. The van der Waals surface area contributed by atoms with Gasteiger partial charge in [0.05, 0.1) is 42.5 Å². The van der Waals surface area contributed by atoms with E-state index in [0.717, 1.165) is 4.31 Å². The Morgan fingerprint density at radius 2 is 1.55 bits per heavy atom. The minimum absolute atomic E-state index is 0.00987. The highest BCUT2D eigenvalue weighted by Gasteiger charge is 2.24. The van der Waals surface area contributed by atoms with Crippen molar-refractivity contribution in [1.29, 1.82) is 0 Å². The molecule has 0 aromatic heterocycles. The van der Waals surface area contributed by atoms with Crippen LogP contribution in [0.15, 0.2) is 65.6 Å². The van der Waals surface area contributed by atoms with Gasteiger partial charge in [-0.25, -0.2) is 8.42 Å². The summed E-state index contributed by atoms with van der Waals surface area (Å²) in [4.78, 5) is 12.8. The zero-order chi connectivity index (χ0) is 24.2. The van der Waals surface area contributed by atoms with Crippen molar-refractivity contribution in [2.24, 2.45) is 0 Å². The lowest BCUT2D eigenvalue weighted by molar-refractivity contribution is 0.102. The molecule has 1 amide bonds. The molecule has 0 bridgehead atoms. The number of methoxy groups -OCH3 is 3. The van der Waals surface area contributed by atoms with E-state index in [0.29, 0.717) is 28.6 Å². The highest BCUT2D eigenvalue weighted by Crippen LogP contribution is 2.31. The van der Waals surface area contributed by atoms with E-state index in [1.165, 1.54) is 46.6 Å².